The predicted octanol–water partition coefficient (Wildman–Crippen LogP) is 9.61. The van der Waals surface area contributed by atoms with Crippen molar-refractivity contribution >= 4 is 17.9 Å². The standard InChI is InChI=1S/C43H83NO8/c1-6-8-10-12-14-15-16-17-18-19-20-21-22-23-24-25-26-28-30-32-34-41(46)52-39(37-50-40(45)33-31-29-27-13-11-9-7-2)38-51-43(42(47)48)49-36-35-44(3,4)5/h39,43H,6-38H2,1-5H3. The second-order valence-electron chi connectivity index (χ2n) is 16.0. The quantitative estimate of drug-likeness (QED) is 0.0264. The van der Waals surface area contributed by atoms with E-state index in [2.05, 4.69) is 13.8 Å². The van der Waals surface area contributed by atoms with Crippen LogP contribution in [0.15, 0.2) is 0 Å². The van der Waals surface area contributed by atoms with Crippen LogP contribution in [0.5, 0.6) is 0 Å². The van der Waals surface area contributed by atoms with E-state index in [1.54, 1.807) is 0 Å². The highest BCUT2D eigenvalue weighted by molar-refractivity contribution is 5.70. The molecular weight excluding hydrogens is 658 g/mol. The van der Waals surface area contributed by atoms with Crippen LogP contribution in [0, 0.1) is 0 Å². The van der Waals surface area contributed by atoms with Crippen LogP contribution in [0.3, 0.4) is 0 Å². The van der Waals surface area contributed by atoms with Gasteiger partial charge >= 0.3 is 11.9 Å². The summed E-state index contributed by atoms with van der Waals surface area (Å²) in [6, 6.07) is 0. The number of carbonyl (C=O) groups is 3. The number of esters is 2. The Morgan fingerprint density at radius 1 is 0.500 bits per heavy atom. The summed E-state index contributed by atoms with van der Waals surface area (Å²) in [4.78, 5) is 36.7. The van der Waals surface area contributed by atoms with Gasteiger partial charge in [0.2, 0.25) is 0 Å². The summed E-state index contributed by atoms with van der Waals surface area (Å²) in [5.74, 6) is -2.28. The van der Waals surface area contributed by atoms with Crippen molar-refractivity contribution in [2.75, 3.05) is 47.5 Å². The second kappa shape index (κ2) is 36.3. The maximum atomic E-state index is 12.7. The Morgan fingerprint density at radius 2 is 0.865 bits per heavy atom. The van der Waals surface area contributed by atoms with Crippen molar-refractivity contribution in [1.82, 2.24) is 0 Å². The molecule has 0 aromatic heterocycles. The zero-order chi connectivity index (χ0) is 38.5. The number of hydrogen-bond donors (Lipinski definition) is 0. The van der Waals surface area contributed by atoms with Crippen LogP contribution in [0.25, 0.3) is 0 Å². The molecular formula is C43H83NO8. The maximum Gasteiger partial charge on any atom is 0.306 e. The van der Waals surface area contributed by atoms with Crippen molar-refractivity contribution in [2.45, 2.75) is 212 Å². The van der Waals surface area contributed by atoms with Gasteiger partial charge < -0.3 is 33.3 Å². The fraction of sp³-hybridized carbons (Fsp3) is 0.930. The van der Waals surface area contributed by atoms with Crippen LogP contribution in [0.1, 0.15) is 200 Å². The molecule has 9 heteroatoms. The topological polar surface area (TPSA) is 111 Å². The Balaban J connectivity index is 4.26. The van der Waals surface area contributed by atoms with E-state index in [0.717, 1.165) is 38.5 Å². The molecule has 0 radical (unpaired) electrons. The molecule has 0 aromatic rings. The molecule has 0 fully saturated rings. The summed E-state index contributed by atoms with van der Waals surface area (Å²) in [6.07, 6.45) is 31.6. The number of unbranched alkanes of at least 4 members (excludes halogenated alkanes) is 25. The highest BCUT2D eigenvalue weighted by atomic mass is 16.7. The van der Waals surface area contributed by atoms with E-state index >= 15 is 0 Å². The molecule has 0 bridgehead atoms. The summed E-state index contributed by atoms with van der Waals surface area (Å²) >= 11 is 0. The molecule has 0 aromatic carbocycles. The van der Waals surface area contributed by atoms with Gasteiger partial charge in [-0.1, -0.05) is 174 Å². The molecule has 0 aliphatic rings. The first kappa shape index (κ1) is 50.3. The second-order valence-corrected chi connectivity index (χ2v) is 16.0. The highest BCUT2D eigenvalue weighted by Gasteiger charge is 2.21. The molecule has 9 nitrogen and oxygen atoms in total. The van der Waals surface area contributed by atoms with Gasteiger partial charge in [-0.05, 0) is 12.8 Å². The third-order valence-electron chi connectivity index (χ3n) is 9.60. The van der Waals surface area contributed by atoms with Gasteiger partial charge in [0.25, 0.3) is 0 Å². The summed E-state index contributed by atoms with van der Waals surface area (Å²) < 4.78 is 22.4. The number of quaternary nitrogens is 1. The van der Waals surface area contributed by atoms with E-state index in [1.165, 1.54) is 135 Å². The lowest BCUT2D eigenvalue weighted by Crippen LogP contribution is -2.44. The SMILES string of the molecule is CCCCCCCCCCCCCCCCCCCCCCC(=O)OC(COC(=O)CCCCCCCCC)COC(OCC[N+](C)(C)C)C(=O)[O-]. The first-order valence-electron chi connectivity index (χ1n) is 21.7. The van der Waals surface area contributed by atoms with Gasteiger partial charge in [0, 0.05) is 12.8 Å². The van der Waals surface area contributed by atoms with E-state index < -0.39 is 24.3 Å². The van der Waals surface area contributed by atoms with Crippen molar-refractivity contribution in [3.05, 3.63) is 0 Å². The van der Waals surface area contributed by atoms with Crippen LogP contribution in [0.2, 0.25) is 0 Å². The van der Waals surface area contributed by atoms with Crippen molar-refractivity contribution in [1.29, 1.82) is 0 Å². The van der Waals surface area contributed by atoms with Crippen LogP contribution in [-0.4, -0.2) is 82.3 Å². The monoisotopic (exact) mass is 742 g/mol. The molecule has 0 saturated heterocycles. The molecule has 0 aliphatic heterocycles. The molecule has 0 amide bonds. The van der Waals surface area contributed by atoms with Gasteiger partial charge in [0.15, 0.2) is 12.4 Å². The number of carbonyl (C=O) groups excluding carboxylic acids is 3. The Kier molecular flexibility index (Phi) is 35.1. The third-order valence-corrected chi connectivity index (χ3v) is 9.60. The number of nitrogens with zero attached hydrogens (tertiary/aromatic N) is 1. The minimum absolute atomic E-state index is 0.152. The Morgan fingerprint density at radius 3 is 1.23 bits per heavy atom. The molecule has 0 aliphatic carbocycles. The number of carboxylic acids is 1. The Labute approximate surface area is 320 Å². The molecule has 2 atom stereocenters. The van der Waals surface area contributed by atoms with Gasteiger partial charge in [-0.3, -0.25) is 9.59 Å². The number of aliphatic carboxylic acids is 1. The van der Waals surface area contributed by atoms with Gasteiger partial charge in [-0.2, -0.15) is 0 Å². The van der Waals surface area contributed by atoms with Crippen molar-refractivity contribution < 1.29 is 42.9 Å². The molecule has 0 saturated carbocycles. The molecule has 0 spiro atoms. The van der Waals surface area contributed by atoms with E-state index in [1.807, 2.05) is 21.1 Å². The first-order valence-corrected chi connectivity index (χ1v) is 21.7. The van der Waals surface area contributed by atoms with Crippen molar-refractivity contribution in [2.24, 2.45) is 0 Å². The average molecular weight is 742 g/mol. The Bertz CT molecular complexity index is 830. The highest BCUT2D eigenvalue weighted by Crippen LogP contribution is 2.16. The van der Waals surface area contributed by atoms with Gasteiger partial charge in [-0.15, -0.1) is 0 Å². The molecule has 308 valence electrons. The van der Waals surface area contributed by atoms with Crippen molar-refractivity contribution in [3.8, 4) is 0 Å². The van der Waals surface area contributed by atoms with E-state index in [4.69, 9.17) is 18.9 Å². The van der Waals surface area contributed by atoms with E-state index in [0.29, 0.717) is 17.4 Å². The van der Waals surface area contributed by atoms with Crippen LogP contribution < -0.4 is 5.11 Å². The van der Waals surface area contributed by atoms with E-state index in [9.17, 15) is 19.5 Å². The zero-order valence-electron chi connectivity index (χ0n) is 34.7. The zero-order valence-corrected chi connectivity index (χ0v) is 34.7. The Hall–Kier alpha value is -1.71. The number of rotatable bonds is 40. The number of carboxylic acid groups (broad SMARTS) is 1. The average Bonchev–Trinajstić information content (AvgIpc) is 3.09. The lowest BCUT2D eigenvalue weighted by molar-refractivity contribution is -0.870. The van der Waals surface area contributed by atoms with Crippen LogP contribution in [0.4, 0.5) is 0 Å². The summed E-state index contributed by atoms with van der Waals surface area (Å²) in [5.41, 5.74) is 0. The summed E-state index contributed by atoms with van der Waals surface area (Å²) in [5, 5.41) is 11.6. The van der Waals surface area contributed by atoms with Crippen LogP contribution >= 0.6 is 0 Å². The summed E-state index contributed by atoms with van der Waals surface area (Å²) in [6.45, 7) is 4.71. The summed E-state index contributed by atoms with van der Waals surface area (Å²) in [7, 11) is 5.90. The molecule has 0 rings (SSSR count). The first-order chi connectivity index (χ1) is 25.1. The van der Waals surface area contributed by atoms with Gasteiger partial charge in [0.1, 0.15) is 13.2 Å². The number of ether oxygens (including phenoxy) is 4. The molecule has 52 heavy (non-hydrogen) atoms. The normalized spacial score (nSPS) is 12.9. The largest absolute Gasteiger partial charge is 0.545 e. The lowest BCUT2D eigenvalue weighted by atomic mass is 10.0. The molecule has 0 heterocycles. The van der Waals surface area contributed by atoms with Gasteiger partial charge in [-0.25, -0.2) is 0 Å². The number of hydrogen-bond acceptors (Lipinski definition) is 8. The molecule has 0 N–H and O–H groups in total. The van der Waals surface area contributed by atoms with Crippen LogP contribution in [-0.2, 0) is 33.3 Å². The predicted molar refractivity (Wildman–Crippen MR) is 210 cm³/mol. The fourth-order valence-electron chi connectivity index (χ4n) is 6.18. The van der Waals surface area contributed by atoms with E-state index in [-0.39, 0.29) is 32.2 Å². The number of likely N-dealkylation sites (N-methyl/N-ethyl adjacent to an activating group) is 1. The van der Waals surface area contributed by atoms with Crippen molar-refractivity contribution in [3.63, 3.8) is 0 Å². The maximum absolute atomic E-state index is 12.7. The minimum atomic E-state index is -1.61. The third kappa shape index (κ3) is 36.6. The fourth-order valence-corrected chi connectivity index (χ4v) is 6.18. The minimum Gasteiger partial charge on any atom is -0.545 e. The lowest BCUT2D eigenvalue weighted by Gasteiger charge is -2.26. The molecule has 2 unspecified atom stereocenters. The smallest absolute Gasteiger partial charge is 0.306 e. The van der Waals surface area contributed by atoms with Gasteiger partial charge in [0.05, 0.1) is 40.3 Å².